The number of esters is 2. The molecule has 0 amide bonds. The Morgan fingerprint density at radius 2 is 1.85 bits per heavy atom. The number of aryl methyl sites for hydroxylation is 3. The molecule has 0 radical (unpaired) electrons. The Bertz CT molecular complexity index is 1520. The van der Waals surface area contributed by atoms with Crippen LogP contribution >= 0.6 is 0 Å². The second kappa shape index (κ2) is 9.95. The Hall–Kier alpha value is -4.00. The van der Waals surface area contributed by atoms with Gasteiger partial charge in [-0.3, -0.25) is 0 Å². The van der Waals surface area contributed by atoms with Crippen LogP contribution in [-0.2, 0) is 19.1 Å². The zero-order valence-corrected chi connectivity index (χ0v) is 23.0. The van der Waals surface area contributed by atoms with Gasteiger partial charge in [-0.2, -0.15) is 0 Å². The maximum atomic E-state index is 14.0. The maximum Gasteiger partial charge on any atom is 0.338 e. The number of carbonyl (C=O) groups is 2. The smallest absolute Gasteiger partial charge is 0.338 e. The molecule has 3 aliphatic heterocycles. The number of aromatic nitrogens is 1. The predicted molar refractivity (Wildman–Crippen MR) is 150 cm³/mol. The number of nitrogens with one attached hydrogen (secondary N) is 2. The van der Waals surface area contributed by atoms with Gasteiger partial charge in [0.05, 0.1) is 23.7 Å². The molecule has 4 heterocycles. The third-order valence-electron chi connectivity index (χ3n) is 8.20. The van der Waals surface area contributed by atoms with Gasteiger partial charge in [0.15, 0.2) is 0 Å². The molecule has 2 aromatic carbocycles. The van der Waals surface area contributed by atoms with E-state index in [1.54, 1.807) is 0 Å². The number of benzene rings is 2. The molecule has 0 saturated carbocycles. The average Bonchev–Trinajstić information content (AvgIpc) is 3.59. The first kappa shape index (κ1) is 25.3. The van der Waals surface area contributed by atoms with Crippen LogP contribution in [0.25, 0.3) is 10.9 Å². The van der Waals surface area contributed by atoms with Gasteiger partial charge < -0.3 is 24.7 Å². The van der Waals surface area contributed by atoms with Crippen LogP contribution in [0.4, 0.5) is 0 Å². The summed E-state index contributed by atoms with van der Waals surface area (Å²) in [6.07, 6.45) is 4.10. The number of H-pyrrole nitrogens is 1. The SMILES string of the molecule is CCOC(=O)C1=C(N2CCCC2)NC2=C(C(=O)OC(c3c(C)cc(C)cc3C)C2)C1c1cccc2[nH]ccc12. The van der Waals surface area contributed by atoms with Crippen molar-refractivity contribution in [3.05, 3.63) is 93.1 Å². The number of cyclic esters (lactones) is 1. The highest BCUT2D eigenvalue weighted by molar-refractivity contribution is 6.02. The van der Waals surface area contributed by atoms with Crippen LogP contribution in [0.3, 0.4) is 0 Å². The van der Waals surface area contributed by atoms with E-state index >= 15 is 0 Å². The predicted octanol–water partition coefficient (Wildman–Crippen LogP) is 5.59. The summed E-state index contributed by atoms with van der Waals surface area (Å²) in [5.74, 6) is -0.652. The molecule has 6 rings (SSSR count). The number of ether oxygens (including phenoxy) is 2. The first-order valence-corrected chi connectivity index (χ1v) is 13.9. The van der Waals surface area contributed by atoms with Gasteiger partial charge in [0, 0.05) is 42.3 Å². The van der Waals surface area contributed by atoms with E-state index in [9.17, 15) is 9.59 Å². The van der Waals surface area contributed by atoms with Crippen molar-refractivity contribution >= 4 is 22.8 Å². The number of likely N-dealkylation sites (tertiary alicyclic amines) is 1. The standard InChI is InChI=1S/C32H35N3O4/c1-5-38-31(36)29-27(22-9-8-10-23-21(22)11-12-33-23)28-24(34-30(29)35-13-6-7-14-35)17-25(39-32(28)37)26-19(3)15-18(2)16-20(26)4/h8-12,15-16,25,27,33-34H,5-7,13-14,17H2,1-4H3. The summed E-state index contributed by atoms with van der Waals surface area (Å²) >= 11 is 0. The molecule has 7 heteroatoms. The summed E-state index contributed by atoms with van der Waals surface area (Å²) in [5.41, 5.74) is 8.09. The highest BCUT2D eigenvalue weighted by atomic mass is 16.5. The largest absolute Gasteiger partial charge is 0.463 e. The Morgan fingerprint density at radius 1 is 1.10 bits per heavy atom. The summed E-state index contributed by atoms with van der Waals surface area (Å²) in [7, 11) is 0. The number of fused-ring (bicyclic) bond motifs is 1. The van der Waals surface area contributed by atoms with E-state index < -0.39 is 24.0 Å². The number of nitrogens with zero attached hydrogens (tertiary/aromatic N) is 1. The van der Waals surface area contributed by atoms with Crippen molar-refractivity contribution in [2.75, 3.05) is 19.7 Å². The van der Waals surface area contributed by atoms with Gasteiger partial charge in [0.2, 0.25) is 0 Å². The van der Waals surface area contributed by atoms with Crippen molar-refractivity contribution in [2.24, 2.45) is 0 Å². The van der Waals surface area contributed by atoms with E-state index in [4.69, 9.17) is 9.47 Å². The van der Waals surface area contributed by atoms with E-state index in [0.29, 0.717) is 17.6 Å². The molecule has 2 atom stereocenters. The van der Waals surface area contributed by atoms with E-state index in [1.165, 1.54) is 5.56 Å². The van der Waals surface area contributed by atoms with Crippen molar-refractivity contribution in [2.45, 2.75) is 59.0 Å². The molecule has 3 aliphatic rings. The van der Waals surface area contributed by atoms with Crippen molar-refractivity contribution in [1.29, 1.82) is 0 Å². The fraction of sp³-hybridized carbons (Fsp3) is 0.375. The summed E-state index contributed by atoms with van der Waals surface area (Å²) in [5, 5.41) is 4.56. The molecule has 0 aliphatic carbocycles. The summed E-state index contributed by atoms with van der Waals surface area (Å²) in [4.78, 5) is 33.2. The minimum absolute atomic E-state index is 0.251. The fourth-order valence-electron chi connectivity index (χ4n) is 6.70. The Labute approximate surface area is 228 Å². The monoisotopic (exact) mass is 525 g/mol. The van der Waals surface area contributed by atoms with Gasteiger partial charge >= 0.3 is 11.9 Å². The van der Waals surface area contributed by atoms with Gasteiger partial charge in [0.25, 0.3) is 0 Å². The second-order valence-corrected chi connectivity index (χ2v) is 10.8. The van der Waals surface area contributed by atoms with E-state index in [-0.39, 0.29) is 6.61 Å². The Kier molecular flexibility index (Phi) is 6.45. The van der Waals surface area contributed by atoms with Crippen LogP contribution in [0, 0.1) is 20.8 Å². The molecule has 0 bridgehead atoms. The molecule has 7 nitrogen and oxygen atoms in total. The van der Waals surface area contributed by atoms with Crippen molar-refractivity contribution in [3.8, 4) is 0 Å². The third kappa shape index (κ3) is 4.30. The lowest BCUT2D eigenvalue weighted by atomic mass is 9.77. The van der Waals surface area contributed by atoms with E-state index in [0.717, 1.165) is 70.6 Å². The van der Waals surface area contributed by atoms with Crippen LogP contribution in [-0.4, -0.2) is 41.5 Å². The Balaban J connectivity index is 1.55. The molecule has 0 spiro atoms. The average molecular weight is 526 g/mol. The number of dihydropyridines is 1. The van der Waals surface area contributed by atoms with Crippen LogP contribution in [0.1, 0.15) is 66.0 Å². The van der Waals surface area contributed by atoms with E-state index in [1.807, 2.05) is 37.4 Å². The quantitative estimate of drug-likeness (QED) is 0.423. The summed E-state index contributed by atoms with van der Waals surface area (Å²) in [6, 6.07) is 12.2. The van der Waals surface area contributed by atoms with Gasteiger partial charge in [-0.05, 0) is 74.9 Å². The lowest BCUT2D eigenvalue weighted by molar-refractivity contribution is -0.147. The normalized spacial score (nSPS) is 21.2. The highest BCUT2D eigenvalue weighted by Gasteiger charge is 2.45. The molecule has 1 saturated heterocycles. The summed E-state index contributed by atoms with van der Waals surface area (Å²) < 4.78 is 11.8. The molecule has 2 unspecified atom stereocenters. The zero-order chi connectivity index (χ0) is 27.3. The van der Waals surface area contributed by atoms with Crippen molar-refractivity contribution in [1.82, 2.24) is 15.2 Å². The number of hydrogen-bond donors (Lipinski definition) is 2. The first-order chi connectivity index (χ1) is 18.9. The highest BCUT2D eigenvalue weighted by Crippen LogP contribution is 2.47. The van der Waals surface area contributed by atoms with Gasteiger partial charge in [0.1, 0.15) is 11.9 Å². The maximum absolute atomic E-state index is 14.0. The minimum atomic E-state index is -0.607. The van der Waals surface area contributed by atoms with Crippen molar-refractivity contribution in [3.63, 3.8) is 0 Å². The minimum Gasteiger partial charge on any atom is -0.463 e. The molecule has 2 N–H and O–H groups in total. The van der Waals surface area contributed by atoms with Crippen LogP contribution in [0.2, 0.25) is 0 Å². The van der Waals surface area contributed by atoms with Gasteiger partial charge in [-0.1, -0.05) is 29.8 Å². The molecule has 1 fully saturated rings. The third-order valence-corrected chi connectivity index (χ3v) is 8.20. The first-order valence-electron chi connectivity index (χ1n) is 13.9. The molecular formula is C32H35N3O4. The molecular weight excluding hydrogens is 490 g/mol. The van der Waals surface area contributed by atoms with Crippen LogP contribution in [0.15, 0.2) is 65.3 Å². The van der Waals surface area contributed by atoms with Crippen molar-refractivity contribution < 1.29 is 19.1 Å². The molecule has 1 aromatic heterocycles. The molecule has 3 aromatic rings. The topological polar surface area (TPSA) is 83.7 Å². The number of aromatic amines is 1. The Morgan fingerprint density at radius 3 is 2.56 bits per heavy atom. The summed E-state index contributed by atoms with van der Waals surface area (Å²) in [6.45, 7) is 9.98. The van der Waals surface area contributed by atoms with Crippen LogP contribution in [0.5, 0.6) is 0 Å². The second-order valence-electron chi connectivity index (χ2n) is 10.8. The lowest BCUT2D eigenvalue weighted by Crippen LogP contribution is -2.42. The van der Waals surface area contributed by atoms with E-state index in [2.05, 4.69) is 48.1 Å². The van der Waals surface area contributed by atoms with Crippen LogP contribution < -0.4 is 5.32 Å². The van der Waals surface area contributed by atoms with Gasteiger partial charge in [-0.25, -0.2) is 9.59 Å². The van der Waals surface area contributed by atoms with Gasteiger partial charge in [-0.15, -0.1) is 0 Å². The molecule has 39 heavy (non-hydrogen) atoms. The zero-order valence-electron chi connectivity index (χ0n) is 23.0. The lowest BCUT2D eigenvalue weighted by Gasteiger charge is -2.40. The number of carbonyl (C=O) groups excluding carboxylic acids is 2. The number of hydrogen-bond acceptors (Lipinski definition) is 6. The fourth-order valence-corrected chi connectivity index (χ4v) is 6.70. The molecule has 202 valence electrons. The number of rotatable bonds is 5.